The summed E-state index contributed by atoms with van der Waals surface area (Å²) in [6.07, 6.45) is 2.87. The molecule has 0 aliphatic carbocycles. The van der Waals surface area contributed by atoms with E-state index >= 15 is 0 Å². The largest absolute Gasteiger partial charge is 0.478 e. The van der Waals surface area contributed by atoms with E-state index < -0.39 is 21.8 Å². The summed E-state index contributed by atoms with van der Waals surface area (Å²) in [6, 6.07) is 19.3. The molecule has 4 rings (SSSR count). The molecule has 1 aliphatic heterocycles. The van der Waals surface area contributed by atoms with E-state index in [0.717, 1.165) is 37.1 Å². The summed E-state index contributed by atoms with van der Waals surface area (Å²) >= 11 is 5.86. The maximum atomic E-state index is 13.5. The first-order valence-corrected chi connectivity index (χ1v) is 14.8. The molecule has 3 aromatic rings. The van der Waals surface area contributed by atoms with Crippen LogP contribution in [0.1, 0.15) is 29.9 Å². The zero-order valence-corrected chi connectivity index (χ0v) is 23.6. The summed E-state index contributed by atoms with van der Waals surface area (Å²) in [5.41, 5.74) is 2.01. The quantitative estimate of drug-likeness (QED) is 0.303. The molecule has 0 bridgehead atoms. The van der Waals surface area contributed by atoms with E-state index in [1.165, 1.54) is 24.3 Å². The van der Waals surface area contributed by atoms with Gasteiger partial charge in [-0.2, -0.15) is 0 Å². The van der Waals surface area contributed by atoms with Crippen LogP contribution in [0.5, 0.6) is 0 Å². The number of carboxylic acids is 2. The third-order valence-corrected chi connectivity index (χ3v) is 8.74. The summed E-state index contributed by atoms with van der Waals surface area (Å²) < 4.78 is 52.3. The molecule has 1 saturated heterocycles. The zero-order valence-electron chi connectivity index (χ0n) is 22.0. The maximum absolute atomic E-state index is 13.5. The van der Waals surface area contributed by atoms with E-state index in [2.05, 4.69) is 4.90 Å². The smallest absolute Gasteiger partial charge is 0.328 e. The SMILES string of the molecule is O=C(O)C=CC(=O)O.O=S(=O)(CCN1CCC(C(c2ccc(F)cc2)c2ccc(F)cc2)CC1)c1ccc(Cl)cc1. The zero-order chi connectivity index (χ0) is 30.0. The minimum atomic E-state index is -3.37. The number of aliphatic carboxylic acids is 2. The number of sulfone groups is 1. The Morgan fingerprint density at radius 3 is 1.68 bits per heavy atom. The second-order valence-corrected chi connectivity index (χ2v) is 12.1. The number of carbonyl (C=O) groups is 2. The highest BCUT2D eigenvalue weighted by atomic mass is 35.5. The fourth-order valence-corrected chi connectivity index (χ4v) is 6.15. The Hall–Kier alpha value is -3.60. The highest BCUT2D eigenvalue weighted by Crippen LogP contribution is 2.38. The molecular formula is C30H30ClF2NO6S. The van der Waals surface area contributed by atoms with Gasteiger partial charge in [0.15, 0.2) is 9.84 Å². The lowest BCUT2D eigenvalue weighted by Crippen LogP contribution is -2.38. The summed E-state index contributed by atoms with van der Waals surface area (Å²) in [7, 11) is -3.37. The van der Waals surface area contributed by atoms with E-state index in [1.807, 2.05) is 0 Å². The average molecular weight is 606 g/mol. The predicted octanol–water partition coefficient (Wildman–Crippen LogP) is 5.65. The van der Waals surface area contributed by atoms with Crippen LogP contribution in [-0.2, 0) is 19.4 Å². The van der Waals surface area contributed by atoms with E-state index in [9.17, 15) is 26.8 Å². The van der Waals surface area contributed by atoms with Crippen LogP contribution in [0.4, 0.5) is 8.78 Å². The van der Waals surface area contributed by atoms with Crippen molar-refractivity contribution in [3.63, 3.8) is 0 Å². The van der Waals surface area contributed by atoms with Gasteiger partial charge in [-0.3, -0.25) is 0 Å². The lowest BCUT2D eigenvalue weighted by Gasteiger charge is -2.36. The lowest BCUT2D eigenvalue weighted by molar-refractivity contribution is -0.134. The number of piperidine rings is 1. The monoisotopic (exact) mass is 605 g/mol. The number of carboxylic acid groups (broad SMARTS) is 2. The Labute approximate surface area is 242 Å². The molecule has 3 aromatic carbocycles. The molecule has 0 aromatic heterocycles. The Bertz CT molecular complexity index is 1380. The fourth-order valence-electron chi connectivity index (χ4n) is 4.74. The van der Waals surface area contributed by atoms with Crippen LogP contribution in [0.3, 0.4) is 0 Å². The Balaban J connectivity index is 0.000000507. The predicted molar refractivity (Wildman–Crippen MR) is 152 cm³/mol. The molecule has 2 N–H and O–H groups in total. The van der Waals surface area contributed by atoms with Gasteiger partial charge in [-0.15, -0.1) is 0 Å². The number of likely N-dealkylation sites (tertiary alicyclic amines) is 1. The van der Waals surface area contributed by atoms with E-state index in [0.29, 0.717) is 29.6 Å². The van der Waals surface area contributed by atoms with Crippen molar-refractivity contribution in [3.8, 4) is 0 Å². The van der Waals surface area contributed by atoms with Gasteiger partial charge < -0.3 is 15.1 Å². The van der Waals surface area contributed by atoms with Gasteiger partial charge in [0.05, 0.1) is 10.6 Å². The second-order valence-electron chi connectivity index (χ2n) is 9.54. The van der Waals surface area contributed by atoms with Crippen molar-refractivity contribution >= 4 is 33.4 Å². The highest BCUT2D eigenvalue weighted by molar-refractivity contribution is 7.91. The summed E-state index contributed by atoms with van der Waals surface area (Å²) in [5, 5.41) is 16.1. The highest BCUT2D eigenvalue weighted by Gasteiger charge is 2.29. The molecule has 0 atom stereocenters. The molecule has 41 heavy (non-hydrogen) atoms. The molecule has 11 heteroatoms. The minimum Gasteiger partial charge on any atom is -0.478 e. The van der Waals surface area contributed by atoms with Gasteiger partial charge in [0.1, 0.15) is 11.6 Å². The average Bonchev–Trinajstić information content (AvgIpc) is 2.94. The molecule has 1 heterocycles. The number of hydrogen-bond acceptors (Lipinski definition) is 5. The summed E-state index contributed by atoms with van der Waals surface area (Å²) in [5.74, 6) is -2.70. The van der Waals surface area contributed by atoms with Gasteiger partial charge in [0, 0.05) is 29.6 Å². The minimum absolute atomic E-state index is 0.0335. The van der Waals surface area contributed by atoms with Crippen LogP contribution in [-0.4, -0.2) is 60.9 Å². The van der Waals surface area contributed by atoms with E-state index in [-0.39, 0.29) is 28.2 Å². The number of nitrogens with zero attached hydrogens (tertiary/aromatic N) is 1. The summed E-state index contributed by atoms with van der Waals surface area (Å²) in [4.78, 5) is 21.6. The molecule has 0 unspecified atom stereocenters. The number of rotatable bonds is 9. The van der Waals surface area contributed by atoms with Crippen molar-refractivity contribution < 1.29 is 37.0 Å². The summed E-state index contributed by atoms with van der Waals surface area (Å²) in [6.45, 7) is 2.02. The first kappa shape index (κ1) is 31.9. The molecule has 0 radical (unpaired) electrons. The van der Waals surface area contributed by atoms with E-state index in [4.69, 9.17) is 21.8 Å². The molecule has 7 nitrogen and oxygen atoms in total. The van der Waals surface area contributed by atoms with Crippen LogP contribution in [0.2, 0.25) is 5.02 Å². The van der Waals surface area contributed by atoms with Gasteiger partial charge in [-0.05, 0) is 91.5 Å². The van der Waals surface area contributed by atoms with Crippen LogP contribution in [0, 0.1) is 17.6 Å². The van der Waals surface area contributed by atoms with Crippen molar-refractivity contribution in [1.29, 1.82) is 0 Å². The molecule has 1 fully saturated rings. The molecule has 0 amide bonds. The van der Waals surface area contributed by atoms with Gasteiger partial charge in [0.2, 0.25) is 0 Å². The third kappa shape index (κ3) is 10.1. The van der Waals surface area contributed by atoms with Gasteiger partial charge in [-0.1, -0.05) is 35.9 Å². The topological polar surface area (TPSA) is 112 Å². The molecule has 0 saturated carbocycles. The van der Waals surface area contributed by atoms with Crippen molar-refractivity contribution in [2.45, 2.75) is 23.7 Å². The van der Waals surface area contributed by atoms with Gasteiger partial charge in [-0.25, -0.2) is 26.8 Å². The number of hydrogen-bond donors (Lipinski definition) is 2. The van der Waals surface area contributed by atoms with Crippen molar-refractivity contribution in [1.82, 2.24) is 4.90 Å². The van der Waals surface area contributed by atoms with Crippen molar-refractivity contribution in [2.75, 3.05) is 25.4 Å². The number of benzene rings is 3. The van der Waals surface area contributed by atoms with Crippen LogP contribution in [0.15, 0.2) is 89.8 Å². The van der Waals surface area contributed by atoms with Crippen LogP contribution in [0.25, 0.3) is 0 Å². The van der Waals surface area contributed by atoms with Gasteiger partial charge in [0.25, 0.3) is 0 Å². The molecule has 218 valence electrons. The Morgan fingerprint density at radius 2 is 1.27 bits per heavy atom. The second kappa shape index (κ2) is 14.9. The first-order chi connectivity index (χ1) is 19.4. The normalized spacial score (nSPS) is 14.5. The fraction of sp³-hybridized carbons (Fsp3) is 0.267. The van der Waals surface area contributed by atoms with Crippen LogP contribution >= 0.6 is 11.6 Å². The molecule has 1 aliphatic rings. The molecular weight excluding hydrogens is 576 g/mol. The molecule has 0 spiro atoms. The number of halogens is 3. The van der Waals surface area contributed by atoms with Gasteiger partial charge >= 0.3 is 11.9 Å². The third-order valence-electron chi connectivity index (χ3n) is 6.78. The van der Waals surface area contributed by atoms with Crippen molar-refractivity contribution in [2.24, 2.45) is 5.92 Å². The Kier molecular flexibility index (Phi) is 11.6. The van der Waals surface area contributed by atoms with Crippen LogP contribution < -0.4 is 0 Å². The first-order valence-electron chi connectivity index (χ1n) is 12.8. The van der Waals surface area contributed by atoms with E-state index in [1.54, 1.807) is 48.5 Å². The Morgan fingerprint density at radius 1 is 0.829 bits per heavy atom. The lowest BCUT2D eigenvalue weighted by atomic mass is 9.76. The maximum Gasteiger partial charge on any atom is 0.328 e. The standard InChI is InChI=1S/C26H26ClF2NO2S.C4H4O4/c27-22-5-11-25(12-6-22)33(31,32)18-17-30-15-13-21(14-16-30)26(19-1-7-23(28)8-2-19)20-3-9-24(29)10-4-20;5-3(6)1-2-4(7)8/h1-12,21,26H,13-18H2;1-2H,(H,5,6)(H,7,8). The van der Waals surface area contributed by atoms with Crippen molar-refractivity contribution in [3.05, 3.63) is 113 Å².